The quantitative estimate of drug-likeness (QED) is 0.581. The molecule has 124 valence electrons. The van der Waals surface area contributed by atoms with Crippen molar-refractivity contribution in [3.05, 3.63) is 0 Å². The fraction of sp³-hybridized carbons (Fsp3) is 0.875. The maximum absolute atomic E-state index is 10.4. The molecule has 2 atom stereocenters. The van der Waals surface area contributed by atoms with Crippen LogP contribution >= 0.6 is 0 Å². The first-order valence-corrected chi connectivity index (χ1v) is 7.89. The van der Waals surface area contributed by atoms with Gasteiger partial charge < -0.3 is 13.1 Å². The van der Waals surface area contributed by atoms with Gasteiger partial charge in [0.1, 0.15) is 0 Å². The van der Waals surface area contributed by atoms with Crippen LogP contribution in [-0.4, -0.2) is 59.9 Å². The van der Waals surface area contributed by atoms with Crippen LogP contribution in [0.25, 0.3) is 0 Å². The van der Waals surface area contributed by atoms with Crippen LogP contribution in [0.1, 0.15) is 81.9 Å². The molecular formula is C16H34CaO4. The molecule has 0 rings (SSSR count). The zero-order chi connectivity index (χ0) is 16.0. The summed E-state index contributed by atoms with van der Waals surface area (Å²) in [4.78, 5) is 20.9. The monoisotopic (exact) mass is 330 g/mol. The number of unbranched alkanes of at least 4 members (excludes halogenated alkanes) is 2. The molecule has 0 saturated heterocycles. The van der Waals surface area contributed by atoms with Gasteiger partial charge in [0, 0.05) is 0 Å². The summed E-state index contributed by atoms with van der Waals surface area (Å²) < 4.78 is 0. The third-order valence-corrected chi connectivity index (χ3v) is 3.50. The number of hydrogen-bond acceptors (Lipinski definition) is 2. The average molecular weight is 331 g/mol. The summed E-state index contributed by atoms with van der Waals surface area (Å²) >= 11 is 0. The third kappa shape index (κ3) is 16.4. The number of aliphatic carboxylic acids is 2. The molecular weight excluding hydrogens is 296 g/mol. The minimum Gasteiger partial charge on any atom is -1.00 e. The molecule has 21 heavy (non-hydrogen) atoms. The van der Waals surface area contributed by atoms with Crippen molar-refractivity contribution in [1.29, 1.82) is 0 Å². The molecule has 0 aliphatic rings. The Labute approximate surface area is 162 Å². The molecule has 5 heteroatoms. The zero-order valence-corrected chi connectivity index (χ0v) is 16.4. The second-order valence-corrected chi connectivity index (χ2v) is 5.17. The van der Waals surface area contributed by atoms with E-state index in [-0.39, 0.29) is 52.4 Å². The van der Waals surface area contributed by atoms with Crippen LogP contribution in [0.2, 0.25) is 0 Å². The van der Waals surface area contributed by atoms with Crippen molar-refractivity contribution < 1.29 is 22.7 Å². The Hall–Kier alpha value is 0.200. The number of carboxylic acids is 2. The van der Waals surface area contributed by atoms with Gasteiger partial charge in [-0.2, -0.15) is 0 Å². The van der Waals surface area contributed by atoms with Gasteiger partial charge in [-0.25, -0.2) is 0 Å². The maximum Gasteiger partial charge on any atom is 2.00 e. The Morgan fingerprint density at radius 3 is 1.24 bits per heavy atom. The van der Waals surface area contributed by atoms with Gasteiger partial charge in [-0.05, 0) is 25.7 Å². The summed E-state index contributed by atoms with van der Waals surface area (Å²) in [5.74, 6) is -1.51. The van der Waals surface area contributed by atoms with E-state index in [1.54, 1.807) is 0 Å². The van der Waals surface area contributed by atoms with E-state index in [0.29, 0.717) is 0 Å². The van der Waals surface area contributed by atoms with Crippen LogP contribution < -0.4 is 0 Å². The van der Waals surface area contributed by atoms with Gasteiger partial charge in [0.05, 0.1) is 11.8 Å². The third-order valence-electron chi connectivity index (χ3n) is 3.50. The van der Waals surface area contributed by atoms with Crippen LogP contribution in [0.4, 0.5) is 0 Å². The molecule has 0 aromatic rings. The van der Waals surface area contributed by atoms with Crippen molar-refractivity contribution >= 4 is 49.7 Å². The molecule has 0 heterocycles. The molecule has 0 bridgehead atoms. The van der Waals surface area contributed by atoms with Gasteiger partial charge in [-0.1, -0.05) is 53.4 Å². The van der Waals surface area contributed by atoms with Crippen molar-refractivity contribution in [3.63, 3.8) is 0 Å². The van der Waals surface area contributed by atoms with E-state index in [1.807, 2.05) is 13.8 Å². The van der Waals surface area contributed by atoms with E-state index in [2.05, 4.69) is 13.8 Å². The molecule has 0 aliphatic carbocycles. The first kappa shape index (κ1) is 26.1. The Balaban J connectivity index is -0.0000000831. The van der Waals surface area contributed by atoms with Crippen LogP contribution in [0.3, 0.4) is 0 Å². The summed E-state index contributed by atoms with van der Waals surface area (Å²) in [6.45, 7) is 8.01. The van der Waals surface area contributed by atoms with E-state index in [9.17, 15) is 9.59 Å². The van der Waals surface area contributed by atoms with Crippen molar-refractivity contribution in [2.24, 2.45) is 11.8 Å². The SMILES string of the molecule is CCCCC(CC)C(=O)O.CCCCC(CC)C(=O)O.[Ca+2].[H-].[H-]. The van der Waals surface area contributed by atoms with Gasteiger partial charge in [-0.15, -0.1) is 0 Å². The minimum absolute atomic E-state index is 0. The van der Waals surface area contributed by atoms with Gasteiger partial charge in [0.2, 0.25) is 0 Å². The largest absolute Gasteiger partial charge is 2.00 e. The normalized spacial score (nSPS) is 12.4. The number of carbonyl (C=O) groups is 2. The van der Waals surface area contributed by atoms with Crippen molar-refractivity contribution in [2.75, 3.05) is 0 Å². The zero-order valence-electron chi connectivity index (χ0n) is 16.2. The fourth-order valence-corrected chi connectivity index (χ4v) is 1.91. The van der Waals surface area contributed by atoms with Crippen molar-refractivity contribution in [1.82, 2.24) is 0 Å². The Kier molecular flexibility index (Phi) is 22.7. The predicted octanol–water partition coefficient (Wildman–Crippen LogP) is 4.42. The first-order chi connectivity index (χ1) is 9.44. The molecule has 0 aromatic carbocycles. The number of carboxylic acid groups (broad SMARTS) is 2. The number of rotatable bonds is 10. The van der Waals surface area contributed by atoms with E-state index >= 15 is 0 Å². The minimum atomic E-state index is -0.643. The molecule has 2 unspecified atom stereocenters. The molecule has 0 aromatic heterocycles. The van der Waals surface area contributed by atoms with Crippen LogP contribution in [0.5, 0.6) is 0 Å². The summed E-state index contributed by atoms with van der Waals surface area (Å²) in [6, 6.07) is 0. The second-order valence-electron chi connectivity index (χ2n) is 5.17. The molecule has 0 radical (unpaired) electrons. The van der Waals surface area contributed by atoms with Crippen LogP contribution in [-0.2, 0) is 9.59 Å². The fourth-order valence-electron chi connectivity index (χ4n) is 1.91. The van der Waals surface area contributed by atoms with E-state index in [0.717, 1.165) is 51.4 Å². The second kappa shape index (κ2) is 18.2. The molecule has 0 aliphatic heterocycles. The number of hydrogen-bond donors (Lipinski definition) is 2. The van der Waals surface area contributed by atoms with Gasteiger partial charge in [-0.3, -0.25) is 9.59 Å². The Morgan fingerprint density at radius 1 is 0.810 bits per heavy atom. The van der Waals surface area contributed by atoms with Crippen molar-refractivity contribution in [2.45, 2.75) is 79.1 Å². The summed E-state index contributed by atoms with van der Waals surface area (Å²) in [5, 5.41) is 17.2. The van der Waals surface area contributed by atoms with Gasteiger partial charge in [0.15, 0.2) is 0 Å². The molecule has 0 spiro atoms. The van der Waals surface area contributed by atoms with Crippen molar-refractivity contribution in [3.8, 4) is 0 Å². The summed E-state index contributed by atoms with van der Waals surface area (Å²) in [6.07, 6.45) is 7.43. The summed E-state index contributed by atoms with van der Waals surface area (Å²) in [7, 11) is 0. The molecule has 0 amide bonds. The smallest absolute Gasteiger partial charge is 1.00 e. The molecule has 0 fully saturated rings. The Bertz CT molecular complexity index is 240. The molecule has 4 nitrogen and oxygen atoms in total. The summed E-state index contributed by atoms with van der Waals surface area (Å²) in [5.41, 5.74) is 0. The van der Waals surface area contributed by atoms with E-state index < -0.39 is 11.9 Å². The van der Waals surface area contributed by atoms with Crippen LogP contribution in [0, 0.1) is 11.8 Å². The van der Waals surface area contributed by atoms with Crippen LogP contribution in [0.15, 0.2) is 0 Å². The Morgan fingerprint density at radius 2 is 1.10 bits per heavy atom. The first-order valence-electron chi connectivity index (χ1n) is 7.89. The topological polar surface area (TPSA) is 74.6 Å². The maximum atomic E-state index is 10.4. The standard InChI is InChI=1S/2C8H16O2.Ca.2H/c2*1-3-5-6-7(4-2)8(9)10;;;/h2*7H,3-6H2,1-2H3,(H,9,10);;;/q;;+2;2*-1. The van der Waals surface area contributed by atoms with E-state index in [1.165, 1.54) is 0 Å². The molecule has 2 N–H and O–H groups in total. The van der Waals surface area contributed by atoms with E-state index in [4.69, 9.17) is 10.2 Å². The van der Waals surface area contributed by atoms with Gasteiger partial charge >= 0.3 is 49.7 Å². The molecule has 0 saturated carbocycles. The predicted molar refractivity (Wildman–Crippen MR) is 89.9 cm³/mol. The van der Waals surface area contributed by atoms with Gasteiger partial charge in [0.25, 0.3) is 0 Å². The average Bonchev–Trinajstić information content (AvgIpc) is 2.40.